The maximum Gasteiger partial charge on any atom is 0.227 e. The van der Waals surface area contributed by atoms with Gasteiger partial charge in [0.1, 0.15) is 16.7 Å². The Kier molecular flexibility index (Phi) is 5.47. The van der Waals surface area contributed by atoms with E-state index >= 15 is 4.39 Å². The summed E-state index contributed by atoms with van der Waals surface area (Å²) in [6.45, 7) is 0. The molecule has 38 heavy (non-hydrogen) atoms. The first kappa shape index (κ1) is 22.7. The van der Waals surface area contributed by atoms with E-state index in [9.17, 15) is 4.79 Å². The summed E-state index contributed by atoms with van der Waals surface area (Å²) in [6.07, 6.45) is 9.01. The second-order valence-electron chi connectivity index (χ2n) is 9.54. The fourth-order valence-corrected chi connectivity index (χ4v) is 5.83. The molecule has 6 aromatic rings. The van der Waals surface area contributed by atoms with Gasteiger partial charge in [-0.2, -0.15) is 16.4 Å². The standard InChI is InChI=1S/C28H22FN7OS/c29-21-11-17(18-9-19(13-30-12-18)32-28(37)15-3-1-2-4-15)10-20-24(21)35-36-25(20)27-33-22-5-7-31-23(26(22)34-27)16-6-8-38-14-16/h5-15H,1-4H2,(H,32,37)(H,33,34)(H,35,36). The molecule has 0 unspecified atom stereocenters. The Hall–Kier alpha value is -4.44. The molecule has 0 radical (unpaired) electrons. The second kappa shape index (κ2) is 9.14. The number of hydrogen-bond donors (Lipinski definition) is 3. The molecule has 0 bridgehead atoms. The molecule has 0 aliphatic heterocycles. The first-order valence-electron chi connectivity index (χ1n) is 12.5. The fourth-order valence-electron chi connectivity index (χ4n) is 5.19. The number of aromatic amines is 2. The minimum Gasteiger partial charge on any atom is -0.337 e. The summed E-state index contributed by atoms with van der Waals surface area (Å²) in [7, 11) is 0. The molecular formula is C28H22FN7OS. The highest BCUT2D eigenvalue weighted by molar-refractivity contribution is 7.08. The zero-order valence-electron chi connectivity index (χ0n) is 20.2. The van der Waals surface area contributed by atoms with Crippen molar-refractivity contribution in [2.24, 2.45) is 5.92 Å². The number of pyridine rings is 2. The van der Waals surface area contributed by atoms with E-state index in [-0.39, 0.29) is 17.3 Å². The van der Waals surface area contributed by atoms with Gasteiger partial charge in [0.15, 0.2) is 11.6 Å². The monoisotopic (exact) mass is 523 g/mol. The highest BCUT2D eigenvalue weighted by Crippen LogP contribution is 2.34. The maximum atomic E-state index is 15.2. The molecule has 1 amide bonds. The van der Waals surface area contributed by atoms with E-state index < -0.39 is 5.82 Å². The minimum atomic E-state index is -0.461. The Labute approximate surface area is 220 Å². The number of thiophene rings is 1. The van der Waals surface area contributed by atoms with Crippen LogP contribution in [0.2, 0.25) is 0 Å². The van der Waals surface area contributed by atoms with Gasteiger partial charge in [-0.15, -0.1) is 0 Å². The van der Waals surface area contributed by atoms with Gasteiger partial charge in [0.2, 0.25) is 5.91 Å². The summed E-state index contributed by atoms with van der Waals surface area (Å²) in [4.78, 5) is 29.6. The topological polar surface area (TPSA) is 112 Å². The number of aromatic nitrogens is 6. The molecule has 188 valence electrons. The van der Waals surface area contributed by atoms with Crippen molar-refractivity contribution in [2.45, 2.75) is 25.7 Å². The fraction of sp³-hybridized carbons (Fsp3) is 0.179. The minimum absolute atomic E-state index is 0.0152. The van der Waals surface area contributed by atoms with Crippen LogP contribution in [0.4, 0.5) is 10.1 Å². The zero-order chi connectivity index (χ0) is 25.6. The predicted octanol–water partition coefficient (Wildman–Crippen LogP) is 6.56. The van der Waals surface area contributed by atoms with Crippen molar-refractivity contribution in [3.05, 3.63) is 65.5 Å². The predicted molar refractivity (Wildman–Crippen MR) is 146 cm³/mol. The number of halogens is 1. The van der Waals surface area contributed by atoms with Gasteiger partial charge in [0, 0.05) is 40.2 Å². The maximum absolute atomic E-state index is 15.2. The molecule has 7 rings (SSSR count). The van der Waals surface area contributed by atoms with E-state index in [1.165, 1.54) is 6.07 Å². The molecule has 8 nitrogen and oxygen atoms in total. The molecule has 1 saturated carbocycles. The van der Waals surface area contributed by atoms with Crippen molar-refractivity contribution < 1.29 is 9.18 Å². The number of carbonyl (C=O) groups is 1. The first-order valence-corrected chi connectivity index (χ1v) is 13.4. The first-order chi connectivity index (χ1) is 18.6. The lowest BCUT2D eigenvalue weighted by atomic mass is 10.0. The van der Waals surface area contributed by atoms with Crippen molar-refractivity contribution in [1.82, 2.24) is 30.1 Å². The van der Waals surface area contributed by atoms with Gasteiger partial charge in [0.25, 0.3) is 0 Å². The molecule has 3 N–H and O–H groups in total. The van der Waals surface area contributed by atoms with E-state index in [1.54, 1.807) is 29.9 Å². The van der Waals surface area contributed by atoms with Gasteiger partial charge >= 0.3 is 0 Å². The number of H-pyrrole nitrogens is 2. The molecule has 1 aliphatic carbocycles. The third kappa shape index (κ3) is 3.93. The summed E-state index contributed by atoms with van der Waals surface area (Å²) in [5, 5.41) is 14.8. The Morgan fingerprint density at radius 1 is 1.05 bits per heavy atom. The van der Waals surface area contributed by atoms with Crippen LogP contribution in [0, 0.1) is 11.7 Å². The number of hydrogen-bond acceptors (Lipinski definition) is 6. The second-order valence-corrected chi connectivity index (χ2v) is 10.3. The van der Waals surface area contributed by atoms with Crippen LogP contribution in [0.3, 0.4) is 0 Å². The number of nitrogens with one attached hydrogen (secondary N) is 3. The zero-order valence-corrected chi connectivity index (χ0v) is 21.0. The number of fused-ring (bicyclic) bond motifs is 2. The van der Waals surface area contributed by atoms with Crippen molar-refractivity contribution in [3.63, 3.8) is 0 Å². The number of rotatable bonds is 5. The Morgan fingerprint density at radius 3 is 2.79 bits per heavy atom. The molecular weight excluding hydrogens is 501 g/mol. The lowest BCUT2D eigenvalue weighted by molar-refractivity contribution is -0.119. The van der Waals surface area contributed by atoms with Gasteiger partial charge in [-0.3, -0.25) is 19.9 Å². The van der Waals surface area contributed by atoms with Crippen LogP contribution in [0.15, 0.2) is 59.7 Å². The summed E-state index contributed by atoms with van der Waals surface area (Å²) in [6, 6.07) is 8.99. The number of nitrogens with zero attached hydrogens (tertiary/aromatic N) is 4. The van der Waals surface area contributed by atoms with Crippen LogP contribution >= 0.6 is 11.3 Å². The average Bonchev–Trinajstić information content (AvgIpc) is 3.74. The molecule has 0 spiro atoms. The summed E-state index contributed by atoms with van der Waals surface area (Å²) < 4.78 is 15.2. The Morgan fingerprint density at radius 2 is 1.95 bits per heavy atom. The van der Waals surface area contributed by atoms with Gasteiger partial charge in [-0.05, 0) is 54.1 Å². The summed E-state index contributed by atoms with van der Waals surface area (Å²) in [5.74, 6) is 0.137. The highest BCUT2D eigenvalue weighted by Gasteiger charge is 2.23. The normalized spacial score (nSPS) is 14.0. The van der Waals surface area contributed by atoms with E-state index in [2.05, 4.69) is 30.5 Å². The van der Waals surface area contributed by atoms with Crippen molar-refractivity contribution in [1.29, 1.82) is 0 Å². The van der Waals surface area contributed by atoms with E-state index in [1.807, 2.05) is 35.0 Å². The van der Waals surface area contributed by atoms with Crippen molar-refractivity contribution in [2.75, 3.05) is 5.32 Å². The summed E-state index contributed by atoms with van der Waals surface area (Å²) in [5.41, 5.74) is 6.04. The smallest absolute Gasteiger partial charge is 0.227 e. The molecule has 1 aliphatic rings. The average molecular weight is 524 g/mol. The van der Waals surface area contributed by atoms with Crippen LogP contribution in [0.1, 0.15) is 25.7 Å². The van der Waals surface area contributed by atoms with Gasteiger partial charge in [-0.25, -0.2) is 9.37 Å². The Balaban J connectivity index is 1.28. The molecule has 1 fully saturated rings. The quantitative estimate of drug-likeness (QED) is 0.237. The van der Waals surface area contributed by atoms with Gasteiger partial charge in [0.05, 0.1) is 23.1 Å². The molecule has 0 saturated heterocycles. The van der Waals surface area contributed by atoms with E-state index in [0.29, 0.717) is 33.7 Å². The van der Waals surface area contributed by atoms with Gasteiger partial charge < -0.3 is 10.3 Å². The number of imidazole rings is 1. The highest BCUT2D eigenvalue weighted by atomic mass is 32.1. The lowest BCUT2D eigenvalue weighted by Crippen LogP contribution is -2.20. The largest absolute Gasteiger partial charge is 0.337 e. The molecule has 5 aromatic heterocycles. The molecule has 0 atom stereocenters. The SMILES string of the molecule is O=C(Nc1cncc(-c2cc(F)c3n[nH]c(-c4nc5c(-c6ccsc6)nccc5[nH]4)c3c2)c1)C1CCCC1. The van der Waals surface area contributed by atoms with E-state index in [0.717, 1.165) is 48.0 Å². The van der Waals surface area contributed by atoms with Crippen LogP contribution in [0.5, 0.6) is 0 Å². The number of carbonyl (C=O) groups excluding carboxylic acids is 1. The molecule has 5 heterocycles. The van der Waals surface area contributed by atoms with Crippen molar-refractivity contribution in [3.8, 4) is 33.9 Å². The van der Waals surface area contributed by atoms with E-state index in [4.69, 9.17) is 4.98 Å². The lowest BCUT2D eigenvalue weighted by Gasteiger charge is -2.11. The Bertz CT molecular complexity index is 1800. The van der Waals surface area contributed by atoms with Crippen molar-refractivity contribution >= 4 is 44.9 Å². The third-order valence-electron chi connectivity index (χ3n) is 7.11. The molecule has 1 aromatic carbocycles. The number of benzene rings is 1. The van der Waals surface area contributed by atoms with Crippen LogP contribution < -0.4 is 5.32 Å². The van der Waals surface area contributed by atoms with Gasteiger partial charge in [-0.1, -0.05) is 12.8 Å². The summed E-state index contributed by atoms with van der Waals surface area (Å²) >= 11 is 1.60. The number of amides is 1. The molecule has 10 heteroatoms. The third-order valence-corrected chi connectivity index (χ3v) is 7.79. The van der Waals surface area contributed by atoms with Crippen LogP contribution in [0.25, 0.3) is 55.8 Å². The van der Waals surface area contributed by atoms with Crippen LogP contribution in [-0.4, -0.2) is 36.0 Å². The van der Waals surface area contributed by atoms with Crippen LogP contribution in [-0.2, 0) is 4.79 Å². The number of anilines is 1.